The van der Waals surface area contributed by atoms with Crippen LogP contribution < -0.4 is 5.59 Å². The van der Waals surface area contributed by atoms with E-state index in [2.05, 4.69) is 5.10 Å². The molecule has 1 rings (SSSR count). The largest absolute Gasteiger partial charge is 0.507 e. The summed E-state index contributed by atoms with van der Waals surface area (Å²) in [5.41, 5.74) is 0.266. The van der Waals surface area contributed by atoms with Crippen molar-refractivity contribution in [3.05, 3.63) is 11.8 Å². The molecule has 0 aliphatic carbocycles. The van der Waals surface area contributed by atoms with Gasteiger partial charge in [0, 0.05) is 6.54 Å². The van der Waals surface area contributed by atoms with Crippen LogP contribution in [0.15, 0.2) is 6.07 Å². The predicted molar refractivity (Wildman–Crippen MR) is 53.7 cm³/mol. The molecule has 1 aromatic rings. The number of ether oxygens (including phenoxy) is 1. The first-order valence-electron chi connectivity index (χ1n) is 4.71. The summed E-state index contributed by atoms with van der Waals surface area (Å²) in [5, 5.41) is 21.9. The zero-order valence-corrected chi connectivity index (χ0v) is 8.67. The van der Waals surface area contributed by atoms with Crippen LogP contribution in [0.2, 0.25) is 0 Å². The van der Waals surface area contributed by atoms with E-state index in [0.717, 1.165) is 0 Å². The van der Waals surface area contributed by atoms with Crippen LogP contribution in [0.3, 0.4) is 0 Å². The highest BCUT2D eigenvalue weighted by Gasteiger charge is 2.21. The zero-order valence-electron chi connectivity index (χ0n) is 8.67. The summed E-state index contributed by atoms with van der Waals surface area (Å²) in [4.78, 5) is 11.3. The van der Waals surface area contributed by atoms with Gasteiger partial charge in [0.15, 0.2) is 5.69 Å². The lowest BCUT2D eigenvalue weighted by atomic mass is 9.86. The Kier molecular flexibility index (Phi) is 3.87. The molecule has 6 nitrogen and oxygen atoms in total. The standard InChI is InChI=1S/C8H13BN2O4/c1-3-11-7(9(13)14)5-6(10-11)8(12)15-4-2/h5,13-14H,3-4H2,1-2H3. The van der Waals surface area contributed by atoms with Crippen molar-refractivity contribution in [2.45, 2.75) is 20.4 Å². The molecule has 1 aromatic heterocycles. The van der Waals surface area contributed by atoms with Gasteiger partial charge in [-0.05, 0) is 19.9 Å². The van der Waals surface area contributed by atoms with E-state index in [-0.39, 0.29) is 17.9 Å². The molecule has 0 amide bonds. The maximum atomic E-state index is 11.3. The molecule has 0 saturated carbocycles. The van der Waals surface area contributed by atoms with Crippen LogP contribution in [-0.4, -0.2) is 39.5 Å². The molecule has 2 N–H and O–H groups in total. The molecule has 0 unspecified atom stereocenters. The van der Waals surface area contributed by atoms with Gasteiger partial charge in [-0.1, -0.05) is 0 Å². The van der Waals surface area contributed by atoms with Crippen LogP contribution in [0.5, 0.6) is 0 Å². The highest BCUT2D eigenvalue weighted by atomic mass is 16.5. The summed E-state index contributed by atoms with van der Waals surface area (Å²) < 4.78 is 6.09. The molecule has 0 aliphatic heterocycles. The number of carbonyl (C=O) groups is 1. The summed E-state index contributed by atoms with van der Waals surface area (Å²) in [6.07, 6.45) is 0. The number of hydrogen-bond acceptors (Lipinski definition) is 5. The van der Waals surface area contributed by atoms with E-state index < -0.39 is 13.1 Å². The van der Waals surface area contributed by atoms with Gasteiger partial charge >= 0.3 is 13.1 Å². The van der Waals surface area contributed by atoms with Gasteiger partial charge in [0.1, 0.15) is 0 Å². The number of hydrogen-bond donors (Lipinski definition) is 2. The Morgan fingerprint density at radius 1 is 1.60 bits per heavy atom. The molecular formula is C8H13BN2O4. The Balaban J connectivity index is 2.97. The number of esters is 1. The Labute approximate surface area is 87.6 Å². The average Bonchev–Trinajstić information content (AvgIpc) is 2.61. The van der Waals surface area contributed by atoms with Gasteiger partial charge in [-0.3, -0.25) is 4.68 Å². The van der Waals surface area contributed by atoms with Gasteiger partial charge < -0.3 is 14.8 Å². The first kappa shape index (κ1) is 11.7. The van der Waals surface area contributed by atoms with Crippen LogP contribution in [0.4, 0.5) is 0 Å². The van der Waals surface area contributed by atoms with Gasteiger partial charge in [-0.15, -0.1) is 0 Å². The molecule has 1 heterocycles. The third-order valence-electron chi connectivity index (χ3n) is 1.86. The fraction of sp³-hybridized carbons (Fsp3) is 0.500. The molecule has 15 heavy (non-hydrogen) atoms. The zero-order chi connectivity index (χ0) is 11.4. The van der Waals surface area contributed by atoms with Crippen molar-refractivity contribution in [3.8, 4) is 0 Å². The van der Waals surface area contributed by atoms with Gasteiger partial charge in [0.05, 0.1) is 12.2 Å². The first-order valence-corrected chi connectivity index (χ1v) is 4.71. The number of nitrogens with zero attached hydrogens (tertiary/aromatic N) is 2. The number of carbonyl (C=O) groups excluding carboxylic acids is 1. The maximum Gasteiger partial charge on any atom is 0.507 e. The third kappa shape index (κ3) is 2.57. The molecular weight excluding hydrogens is 199 g/mol. The summed E-state index contributed by atoms with van der Waals surface area (Å²) in [5.74, 6) is -0.563. The molecule has 7 heteroatoms. The van der Waals surface area contributed by atoms with E-state index in [1.54, 1.807) is 13.8 Å². The van der Waals surface area contributed by atoms with Gasteiger partial charge in [0.25, 0.3) is 0 Å². The SMILES string of the molecule is CCOC(=O)c1cc(B(O)O)n(CC)n1. The number of aromatic nitrogens is 2. The molecule has 0 saturated heterocycles. The van der Waals surface area contributed by atoms with E-state index in [0.29, 0.717) is 6.54 Å². The molecule has 0 aromatic carbocycles. The molecule has 82 valence electrons. The number of aryl methyl sites for hydroxylation is 1. The smallest absolute Gasteiger partial charge is 0.461 e. The maximum absolute atomic E-state index is 11.3. The molecule has 0 bridgehead atoms. The summed E-state index contributed by atoms with van der Waals surface area (Å²) >= 11 is 0. The topological polar surface area (TPSA) is 84.6 Å². The highest BCUT2D eigenvalue weighted by molar-refractivity contribution is 6.57. The van der Waals surface area contributed by atoms with Crippen molar-refractivity contribution >= 4 is 18.7 Å². The van der Waals surface area contributed by atoms with Crippen molar-refractivity contribution in [3.63, 3.8) is 0 Å². The highest BCUT2D eigenvalue weighted by Crippen LogP contribution is 1.97. The molecule has 0 aliphatic rings. The Morgan fingerprint density at radius 2 is 2.27 bits per heavy atom. The van der Waals surface area contributed by atoms with Gasteiger partial charge in [-0.2, -0.15) is 5.10 Å². The average molecular weight is 212 g/mol. The lowest BCUT2D eigenvalue weighted by Crippen LogP contribution is -2.36. The summed E-state index contributed by atoms with van der Waals surface area (Å²) in [7, 11) is -1.64. The van der Waals surface area contributed by atoms with E-state index in [9.17, 15) is 4.79 Å². The second kappa shape index (κ2) is 4.95. The van der Waals surface area contributed by atoms with Crippen molar-refractivity contribution in [2.75, 3.05) is 6.61 Å². The summed E-state index contributed by atoms with van der Waals surface area (Å²) in [6.45, 7) is 4.19. The minimum atomic E-state index is -1.64. The Morgan fingerprint density at radius 3 is 2.67 bits per heavy atom. The van der Waals surface area contributed by atoms with Crippen LogP contribution in [0, 0.1) is 0 Å². The van der Waals surface area contributed by atoms with Crippen LogP contribution in [0.25, 0.3) is 0 Å². The normalized spacial score (nSPS) is 10.1. The monoisotopic (exact) mass is 212 g/mol. The Hall–Kier alpha value is -1.34. The lowest BCUT2D eigenvalue weighted by Gasteiger charge is -2.01. The molecule has 0 atom stereocenters. The van der Waals surface area contributed by atoms with Crippen LogP contribution in [-0.2, 0) is 11.3 Å². The van der Waals surface area contributed by atoms with E-state index in [1.165, 1.54) is 10.7 Å². The van der Waals surface area contributed by atoms with Crippen molar-refractivity contribution in [2.24, 2.45) is 0 Å². The van der Waals surface area contributed by atoms with Crippen molar-refractivity contribution in [1.29, 1.82) is 0 Å². The predicted octanol–water partition coefficient (Wildman–Crippen LogP) is -1.24. The number of rotatable bonds is 4. The minimum absolute atomic E-state index is 0.0850. The van der Waals surface area contributed by atoms with Crippen molar-refractivity contribution < 1.29 is 19.6 Å². The summed E-state index contributed by atoms with van der Waals surface area (Å²) in [6, 6.07) is 1.31. The Bertz CT molecular complexity index is 350. The minimum Gasteiger partial charge on any atom is -0.461 e. The fourth-order valence-electron chi connectivity index (χ4n) is 1.20. The van der Waals surface area contributed by atoms with Crippen LogP contribution in [0.1, 0.15) is 24.3 Å². The lowest BCUT2D eigenvalue weighted by molar-refractivity contribution is 0.0518. The van der Waals surface area contributed by atoms with Gasteiger partial charge in [-0.25, -0.2) is 4.79 Å². The van der Waals surface area contributed by atoms with E-state index in [1.807, 2.05) is 0 Å². The third-order valence-corrected chi connectivity index (χ3v) is 1.86. The second-order valence-corrected chi connectivity index (χ2v) is 2.86. The van der Waals surface area contributed by atoms with E-state index in [4.69, 9.17) is 14.8 Å². The quantitative estimate of drug-likeness (QED) is 0.481. The second-order valence-electron chi connectivity index (χ2n) is 2.86. The first-order chi connectivity index (χ1) is 7.10. The van der Waals surface area contributed by atoms with E-state index >= 15 is 0 Å². The van der Waals surface area contributed by atoms with Gasteiger partial charge in [0.2, 0.25) is 0 Å². The fourth-order valence-corrected chi connectivity index (χ4v) is 1.20. The van der Waals surface area contributed by atoms with Crippen LogP contribution >= 0.6 is 0 Å². The molecule has 0 spiro atoms. The molecule has 0 fully saturated rings. The van der Waals surface area contributed by atoms with Crippen molar-refractivity contribution in [1.82, 2.24) is 9.78 Å². The molecule has 0 radical (unpaired) electrons.